The van der Waals surface area contributed by atoms with Crippen molar-refractivity contribution >= 4 is 27.5 Å². The molecule has 4 heteroatoms. The van der Waals surface area contributed by atoms with Gasteiger partial charge in [-0.25, -0.2) is 0 Å². The first kappa shape index (κ1) is 13.9. The molecule has 104 valence electrons. The Kier molecular flexibility index (Phi) is 4.01. The van der Waals surface area contributed by atoms with Crippen molar-refractivity contribution in [3.8, 4) is 5.75 Å². The van der Waals surface area contributed by atoms with Crippen LogP contribution in [0.1, 0.15) is 29.2 Å². The number of fused-ring (bicyclic) bond motifs is 1. The van der Waals surface area contributed by atoms with Crippen molar-refractivity contribution in [2.75, 3.05) is 6.61 Å². The van der Waals surface area contributed by atoms with Crippen LogP contribution in [0.2, 0.25) is 5.02 Å². The summed E-state index contributed by atoms with van der Waals surface area (Å²) in [5.74, 6) is 0.981. The lowest BCUT2D eigenvalue weighted by atomic mass is 9.95. The molecule has 0 spiro atoms. The number of nitrogens with two attached hydrogens (primary N) is 1. The molecule has 1 heterocycles. The van der Waals surface area contributed by atoms with Crippen molar-refractivity contribution in [1.82, 2.24) is 0 Å². The summed E-state index contributed by atoms with van der Waals surface area (Å²) >= 11 is 9.69. The van der Waals surface area contributed by atoms with E-state index in [9.17, 15) is 0 Å². The van der Waals surface area contributed by atoms with Crippen LogP contribution in [0.4, 0.5) is 0 Å². The van der Waals surface area contributed by atoms with Crippen molar-refractivity contribution in [3.05, 3.63) is 62.6 Å². The summed E-state index contributed by atoms with van der Waals surface area (Å²) in [6.45, 7) is 0.803. The monoisotopic (exact) mass is 351 g/mol. The molecule has 0 radical (unpaired) electrons. The van der Waals surface area contributed by atoms with Gasteiger partial charge in [-0.2, -0.15) is 0 Å². The summed E-state index contributed by atoms with van der Waals surface area (Å²) in [6, 6.07) is 11.7. The highest BCUT2D eigenvalue weighted by atomic mass is 79.9. The van der Waals surface area contributed by atoms with E-state index in [1.54, 1.807) is 0 Å². The summed E-state index contributed by atoms with van der Waals surface area (Å²) in [4.78, 5) is 0. The van der Waals surface area contributed by atoms with Gasteiger partial charge in [-0.1, -0.05) is 45.7 Å². The molecular weight excluding hydrogens is 338 g/mol. The van der Waals surface area contributed by atoms with Gasteiger partial charge < -0.3 is 10.5 Å². The van der Waals surface area contributed by atoms with Gasteiger partial charge in [-0.3, -0.25) is 0 Å². The molecule has 20 heavy (non-hydrogen) atoms. The van der Waals surface area contributed by atoms with E-state index in [4.69, 9.17) is 22.1 Å². The molecular formula is C16H15BrClNO. The van der Waals surface area contributed by atoms with Crippen LogP contribution >= 0.6 is 27.5 Å². The van der Waals surface area contributed by atoms with Gasteiger partial charge in [0.1, 0.15) is 5.75 Å². The summed E-state index contributed by atoms with van der Waals surface area (Å²) in [7, 11) is 0. The average Bonchev–Trinajstić information content (AvgIpc) is 2.46. The van der Waals surface area contributed by atoms with Crippen LogP contribution in [-0.2, 0) is 6.42 Å². The quantitative estimate of drug-likeness (QED) is 0.865. The zero-order valence-corrected chi connectivity index (χ0v) is 13.2. The third kappa shape index (κ3) is 2.71. The molecule has 2 N–H and O–H groups in total. The molecule has 1 atom stereocenters. The molecule has 3 rings (SSSR count). The fourth-order valence-electron chi connectivity index (χ4n) is 2.51. The zero-order chi connectivity index (χ0) is 14.1. The normalized spacial score (nSPS) is 15.3. The van der Waals surface area contributed by atoms with E-state index in [1.807, 2.05) is 30.3 Å². The number of aryl methyl sites for hydroxylation is 1. The molecule has 2 nitrogen and oxygen atoms in total. The van der Waals surface area contributed by atoms with Crippen LogP contribution < -0.4 is 10.5 Å². The summed E-state index contributed by atoms with van der Waals surface area (Å²) in [5, 5.41) is 0.681. The topological polar surface area (TPSA) is 35.2 Å². The van der Waals surface area contributed by atoms with Crippen LogP contribution in [0, 0.1) is 0 Å². The van der Waals surface area contributed by atoms with Gasteiger partial charge in [0.15, 0.2) is 0 Å². The first-order valence-corrected chi connectivity index (χ1v) is 7.78. The lowest BCUT2D eigenvalue weighted by molar-refractivity contribution is 0.288. The molecule has 0 aliphatic carbocycles. The first-order chi connectivity index (χ1) is 9.65. The third-order valence-electron chi connectivity index (χ3n) is 3.59. The highest BCUT2D eigenvalue weighted by Crippen LogP contribution is 2.32. The van der Waals surface area contributed by atoms with Gasteiger partial charge in [0.05, 0.1) is 12.6 Å². The second-order valence-electron chi connectivity index (χ2n) is 4.96. The molecule has 0 fully saturated rings. The Balaban J connectivity index is 1.95. The number of halogens is 2. The first-order valence-electron chi connectivity index (χ1n) is 6.61. The van der Waals surface area contributed by atoms with Crippen LogP contribution in [0.25, 0.3) is 0 Å². The summed E-state index contributed by atoms with van der Waals surface area (Å²) in [5.41, 5.74) is 9.60. The highest BCUT2D eigenvalue weighted by Gasteiger charge is 2.16. The Hall–Kier alpha value is -1.03. The Morgan fingerprint density at radius 2 is 2.05 bits per heavy atom. The smallest absolute Gasteiger partial charge is 0.122 e. The molecule has 0 saturated carbocycles. The van der Waals surface area contributed by atoms with E-state index in [2.05, 4.69) is 22.0 Å². The van der Waals surface area contributed by atoms with Crippen LogP contribution in [0.3, 0.4) is 0 Å². The van der Waals surface area contributed by atoms with Gasteiger partial charge in [0.2, 0.25) is 0 Å². The van der Waals surface area contributed by atoms with Crippen molar-refractivity contribution in [2.24, 2.45) is 5.73 Å². The third-order valence-corrected chi connectivity index (χ3v) is 4.41. The molecule has 1 aliphatic rings. The van der Waals surface area contributed by atoms with Crippen LogP contribution in [0.15, 0.2) is 40.9 Å². The van der Waals surface area contributed by atoms with Gasteiger partial charge in [-0.15, -0.1) is 0 Å². The Morgan fingerprint density at radius 3 is 2.85 bits per heavy atom. The Bertz CT molecular complexity index is 644. The number of ether oxygens (including phenoxy) is 1. The molecule has 1 unspecified atom stereocenters. The van der Waals surface area contributed by atoms with Crippen molar-refractivity contribution in [3.63, 3.8) is 0 Å². The van der Waals surface area contributed by atoms with E-state index in [1.165, 1.54) is 5.56 Å². The molecule has 2 aromatic carbocycles. The fraction of sp³-hybridized carbons (Fsp3) is 0.250. The van der Waals surface area contributed by atoms with E-state index < -0.39 is 0 Å². The SMILES string of the molecule is NC(c1ccc2c(c1)CCCO2)c1ccc(Br)cc1Cl. The van der Waals surface area contributed by atoms with Gasteiger partial charge in [0, 0.05) is 9.50 Å². The summed E-state index contributed by atoms with van der Waals surface area (Å²) in [6.07, 6.45) is 2.11. The second kappa shape index (κ2) is 5.76. The van der Waals surface area contributed by atoms with Crippen LogP contribution in [0.5, 0.6) is 5.75 Å². The number of hydrogen-bond donors (Lipinski definition) is 1. The van der Waals surface area contributed by atoms with E-state index >= 15 is 0 Å². The van der Waals surface area contributed by atoms with E-state index in [0.717, 1.165) is 40.8 Å². The highest BCUT2D eigenvalue weighted by molar-refractivity contribution is 9.10. The lowest BCUT2D eigenvalue weighted by Gasteiger charge is -2.20. The van der Waals surface area contributed by atoms with Crippen molar-refractivity contribution in [1.29, 1.82) is 0 Å². The van der Waals surface area contributed by atoms with Gasteiger partial charge in [0.25, 0.3) is 0 Å². The van der Waals surface area contributed by atoms with Gasteiger partial charge >= 0.3 is 0 Å². The summed E-state index contributed by atoms with van der Waals surface area (Å²) < 4.78 is 6.59. The predicted octanol–water partition coefficient (Wildman–Crippen LogP) is 4.48. The number of rotatable bonds is 2. The second-order valence-corrected chi connectivity index (χ2v) is 6.29. The van der Waals surface area contributed by atoms with E-state index in [-0.39, 0.29) is 6.04 Å². The van der Waals surface area contributed by atoms with Crippen molar-refractivity contribution in [2.45, 2.75) is 18.9 Å². The molecule has 0 bridgehead atoms. The molecule has 0 amide bonds. The van der Waals surface area contributed by atoms with Gasteiger partial charge in [-0.05, 0) is 47.7 Å². The lowest BCUT2D eigenvalue weighted by Crippen LogP contribution is -2.14. The predicted molar refractivity (Wildman–Crippen MR) is 85.4 cm³/mol. The minimum Gasteiger partial charge on any atom is -0.493 e. The fourth-order valence-corrected chi connectivity index (χ4v) is 3.30. The minimum atomic E-state index is -0.220. The minimum absolute atomic E-state index is 0.220. The molecule has 0 aromatic heterocycles. The number of benzene rings is 2. The Morgan fingerprint density at radius 1 is 1.20 bits per heavy atom. The largest absolute Gasteiger partial charge is 0.493 e. The maximum absolute atomic E-state index is 6.36. The van der Waals surface area contributed by atoms with E-state index in [0.29, 0.717) is 5.02 Å². The average molecular weight is 353 g/mol. The van der Waals surface area contributed by atoms with Crippen LogP contribution in [-0.4, -0.2) is 6.61 Å². The Labute approximate surface area is 132 Å². The molecule has 1 aliphatic heterocycles. The maximum Gasteiger partial charge on any atom is 0.122 e. The van der Waals surface area contributed by atoms with Crippen molar-refractivity contribution < 1.29 is 4.74 Å². The molecule has 2 aromatic rings. The standard InChI is InChI=1S/C16H15BrClNO/c17-12-4-5-13(14(18)9-12)16(19)11-3-6-15-10(8-11)2-1-7-20-15/h3-6,8-9,16H,1-2,7,19H2. The number of hydrogen-bond acceptors (Lipinski definition) is 2. The maximum atomic E-state index is 6.36. The zero-order valence-electron chi connectivity index (χ0n) is 10.9. The molecule has 0 saturated heterocycles.